The van der Waals surface area contributed by atoms with Gasteiger partial charge in [-0.1, -0.05) is 6.07 Å². The predicted octanol–water partition coefficient (Wildman–Crippen LogP) is 3.09. The maximum atomic E-state index is 12.2. The van der Waals surface area contributed by atoms with Gasteiger partial charge < -0.3 is 11.1 Å². The zero-order chi connectivity index (χ0) is 14.5. The van der Waals surface area contributed by atoms with Gasteiger partial charge in [0.05, 0.1) is 5.25 Å². The second-order valence-electron chi connectivity index (χ2n) is 4.45. The topological polar surface area (TPSA) is 68.0 Å². The van der Waals surface area contributed by atoms with E-state index in [9.17, 15) is 4.79 Å². The van der Waals surface area contributed by atoms with Crippen LogP contribution in [-0.2, 0) is 4.79 Å². The van der Waals surface area contributed by atoms with Crippen LogP contribution >= 0.6 is 11.8 Å². The molecular formula is C15H17N3OS. The number of hydrogen-bond acceptors (Lipinski definition) is 4. The summed E-state index contributed by atoms with van der Waals surface area (Å²) in [7, 11) is 0. The van der Waals surface area contributed by atoms with Gasteiger partial charge >= 0.3 is 0 Å². The molecule has 1 unspecified atom stereocenters. The minimum absolute atomic E-state index is 0.0412. The molecule has 3 N–H and O–H groups in total. The number of anilines is 2. The number of hydrogen-bond donors (Lipinski definition) is 2. The molecule has 20 heavy (non-hydrogen) atoms. The number of aromatic nitrogens is 1. The molecule has 2 rings (SSSR count). The van der Waals surface area contributed by atoms with Crippen LogP contribution in [0.5, 0.6) is 0 Å². The molecule has 1 atom stereocenters. The highest BCUT2D eigenvalue weighted by atomic mass is 32.2. The normalized spacial score (nSPS) is 11.9. The van der Waals surface area contributed by atoms with Gasteiger partial charge in [0.1, 0.15) is 0 Å². The van der Waals surface area contributed by atoms with Gasteiger partial charge in [0.15, 0.2) is 0 Å². The first kappa shape index (κ1) is 14.4. The first-order valence-corrected chi connectivity index (χ1v) is 7.18. The molecule has 104 valence electrons. The summed E-state index contributed by atoms with van der Waals surface area (Å²) in [6.07, 6.45) is 3.43. The quantitative estimate of drug-likeness (QED) is 0.670. The Kier molecular flexibility index (Phi) is 4.63. The van der Waals surface area contributed by atoms with Gasteiger partial charge in [-0.3, -0.25) is 9.78 Å². The van der Waals surface area contributed by atoms with E-state index < -0.39 is 0 Å². The summed E-state index contributed by atoms with van der Waals surface area (Å²) in [6, 6.07) is 9.28. The van der Waals surface area contributed by atoms with E-state index in [0.29, 0.717) is 5.69 Å². The van der Waals surface area contributed by atoms with Crippen LogP contribution in [0.25, 0.3) is 0 Å². The lowest BCUT2D eigenvalue weighted by atomic mass is 10.1. The average Bonchev–Trinajstić information content (AvgIpc) is 2.45. The van der Waals surface area contributed by atoms with Crippen LogP contribution in [0.3, 0.4) is 0 Å². The monoisotopic (exact) mass is 287 g/mol. The van der Waals surface area contributed by atoms with Crippen molar-refractivity contribution >= 4 is 29.0 Å². The number of nitrogens with one attached hydrogen (secondary N) is 1. The van der Waals surface area contributed by atoms with Crippen molar-refractivity contribution in [3.05, 3.63) is 48.3 Å². The number of nitrogens with two attached hydrogens (primary N) is 1. The molecule has 1 aromatic heterocycles. The lowest BCUT2D eigenvalue weighted by molar-refractivity contribution is -0.115. The second-order valence-corrected chi connectivity index (χ2v) is 5.87. The molecule has 0 radical (unpaired) electrons. The number of nitrogens with zero attached hydrogens (tertiary/aromatic N) is 1. The first-order valence-electron chi connectivity index (χ1n) is 6.30. The van der Waals surface area contributed by atoms with E-state index in [-0.39, 0.29) is 11.2 Å². The summed E-state index contributed by atoms with van der Waals surface area (Å²) >= 11 is 1.50. The van der Waals surface area contributed by atoms with Crippen LogP contribution in [-0.4, -0.2) is 16.1 Å². The molecule has 2 aromatic rings. The van der Waals surface area contributed by atoms with E-state index in [1.807, 2.05) is 44.2 Å². The van der Waals surface area contributed by atoms with Crippen molar-refractivity contribution < 1.29 is 4.79 Å². The Labute approximate surface area is 122 Å². The SMILES string of the molecule is Cc1c(N)cccc1NC(=O)C(C)Sc1ccncc1. The number of nitrogen functional groups attached to an aromatic ring is 1. The Hall–Kier alpha value is -2.01. The lowest BCUT2D eigenvalue weighted by Gasteiger charge is -2.14. The van der Waals surface area contributed by atoms with Gasteiger partial charge in [-0.25, -0.2) is 0 Å². The van der Waals surface area contributed by atoms with Crippen LogP contribution in [0.15, 0.2) is 47.6 Å². The van der Waals surface area contributed by atoms with Crippen molar-refractivity contribution in [3.63, 3.8) is 0 Å². The van der Waals surface area contributed by atoms with Crippen molar-refractivity contribution in [3.8, 4) is 0 Å². The summed E-state index contributed by atoms with van der Waals surface area (Å²) < 4.78 is 0. The van der Waals surface area contributed by atoms with Crippen molar-refractivity contribution in [1.82, 2.24) is 4.98 Å². The van der Waals surface area contributed by atoms with Gasteiger partial charge in [0.25, 0.3) is 0 Å². The van der Waals surface area contributed by atoms with E-state index >= 15 is 0 Å². The molecule has 0 bridgehead atoms. The second kappa shape index (κ2) is 6.43. The molecule has 0 aliphatic rings. The van der Waals surface area contributed by atoms with E-state index in [1.165, 1.54) is 11.8 Å². The van der Waals surface area contributed by atoms with Gasteiger partial charge in [-0.15, -0.1) is 11.8 Å². The van der Waals surface area contributed by atoms with Gasteiger partial charge in [0, 0.05) is 28.7 Å². The summed E-state index contributed by atoms with van der Waals surface area (Å²) in [5.74, 6) is -0.0412. The fourth-order valence-corrected chi connectivity index (χ4v) is 2.55. The molecule has 0 saturated carbocycles. The van der Waals surface area contributed by atoms with Crippen molar-refractivity contribution in [2.45, 2.75) is 24.0 Å². The Morgan fingerprint density at radius 2 is 2.00 bits per heavy atom. The summed E-state index contributed by atoms with van der Waals surface area (Å²) in [5, 5.41) is 2.72. The van der Waals surface area contributed by atoms with Gasteiger partial charge in [-0.05, 0) is 43.7 Å². The number of carbonyl (C=O) groups is 1. The Morgan fingerprint density at radius 1 is 1.30 bits per heavy atom. The third kappa shape index (κ3) is 3.51. The lowest BCUT2D eigenvalue weighted by Crippen LogP contribution is -2.23. The van der Waals surface area contributed by atoms with E-state index in [2.05, 4.69) is 10.3 Å². The molecule has 0 aliphatic carbocycles. The molecule has 1 aromatic carbocycles. The van der Waals surface area contributed by atoms with Crippen LogP contribution < -0.4 is 11.1 Å². The molecular weight excluding hydrogens is 270 g/mol. The zero-order valence-corrected chi connectivity index (χ0v) is 12.3. The van der Waals surface area contributed by atoms with Crippen LogP contribution in [0.1, 0.15) is 12.5 Å². The van der Waals surface area contributed by atoms with Gasteiger partial charge in [-0.2, -0.15) is 0 Å². The van der Waals surface area contributed by atoms with Crippen LogP contribution in [0.4, 0.5) is 11.4 Å². The standard InChI is InChI=1S/C15H17N3OS/c1-10-13(16)4-3-5-14(10)18-15(19)11(2)20-12-6-8-17-9-7-12/h3-9,11H,16H2,1-2H3,(H,18,19). The van der Waals surface area contributed by atoms with Gasteiger partial charge in [0.2, 0.25) is 5.91 Å². The molecule has 0 saturated heterocycles. The molecule has 1 amide bonds. The number of pyridine rings is 1. The van der Waals surface area contributed by atoms with E-state index in [4.69, 9.17) is 5.73 Å². The highest BCUT2D eigenvalue weighted by Crippen LogP contribution is 2.25. The van der Waals surface area contributed by atoms with E-state index in [1.54, 1.807) is 12.4 Å². The molecule has 0 spiro atoms. The summed E-state index contributed by atoms with van der Waals surface area (Å²) in [4.78, 5) is 17.2. The third-order valence-corrected chi connectivity index (χ3v) is 4.08. The summed E-state index contributed by atoms with van der Waals surface area (Å²) in [5.41, 5.74) is 8.16. The highest BCUT2D eigenvalue weighted by Gasteiger charge is 2.15. The van der Waals surface area contributed by atoms with E-state index in [0.717, 1.165) is 16.1 Å². The van der Waals surface area contributed by atoms with Crippen LogP contribution in [0, 0.1) is 6.92 Å². The maximum absolute atomic E-state index is 12.2. The average molecular weight is 287 g/mol. The molecule has 0 fully saturated rings. The number of rotatable bonds is 4. The number of benzene rings is 1. The Morgan fingerprint density at radius 3 is 2.70 bits per heavy atom. The smallest absolute Gasteiger partial charge is 0.237 e. The first-order chi connectivity index (χ1) is 9.58. The predicted molar refractivity (Wildman–Crippen MR) is 83.8 cm³/mol. The highest BCUT2D eigenvalue weighted by molar-refractivity contribution is 8.00. The largest absolute Gasteiger partial charge is 0.398 e. The minimum Gasteiger partial charge on any atom is -0.398 e. The molecule has 4 nitrogen and oxygen atoms in total. The van der Waals surface area contributed by atoms with Crippen LogP contribution in [0.2, 0.25) is 0 Å². The fraction of sp³-hybridized carbons (Fsp3) is 0.200. The minimum atomic E-state index is -0.196. The Balaban J connectivity index is 2.03. The Bertz CT molecular complexity index is 601. The van der Waals surface area contributed by atoms with Crippen molar-refractivity contribution in [1.29, 1.82) is 0 Å². The maximum Gasteiger partial charge on any atom is 0.237 e. The third-order valence-electron chi connectivity index (χ3n) is 2.97. The number of amides is 1. The molecule has 1 heterocycles. The number of carbonyl (C=O) groups excluding carboxylic acids is 1. The zero-order valence-electron chi connectivity index (χ0n) is 11.5. The molecule has 0 aliphatic heterocycles. The van der Waals surface area contributed by atoms with Crippen molar-refractivity contribution in [2.24, 2.45) is 0 Å². The number of thioether (sulfide) groups is 1. The summed E-state index contributed by atoms with van der Waals surface area (Å²) in [6.45, 7) is 3.77. The molecule has 5 heteroatoms. The fourth-order valence-electron chi connectivity index (χ4n) is 1.70. The van der Waals surface area contributed by atoms with Crippen molar-refractivity contribution in [2.75, 3.05) is 11.1 Å².